The van der Waals surface area contributed by atoms with Gasteiger partial charge in [-0.1, -0.05) is 60.7 Å². The van der Waals surface area contributed by atoms with E-state index in [4.69, 9.17) is 9.47 Å². The van der Waals surface area contributed by atoms with Crippen molar-refractivity contribution in [3.8, 4) is 11.1 Å². The number of hydrogen-bond donors (Lipinski definition) is 0. The molecule has 0 amide bonds. The van der Waals surface area contributed by atoms with E-state index in [2.05, 4.69) is 52.2 Å². The molecule has 1 fully saturated rings. The molecule has 1 aliphatic heterocycles. The zero-order chi connectivity index (χ0) is 21.7. The molecule has 4 rings (SSSR count). The van der Waals surface area contributed by atoms with Crippen LogP contribution in [0.4, 0.5) is 0 Å². The van der Waals surface area contributed by atoms with Gasteiger partial charge in [0.25, 0.3) is 5.09 Å². The van der Waals surface area contributed by atoms with Gasteiger partial charge < -0.3 is 14.3 Å². The Morgan fingerprint density at radius 3 is 2.52 bits per heavy atom. The molecule has 0 aromatic heterocycles. The summed E-state index contributed by atoms with van der Waals surface area (Å²) >= 11 is 0. The van der Waals surface area contributed by atoms with Crippen molar-refractivity contribution in [1.29, 1.82) is 0 Å². The zero-order valence-electron chi connectivity index (χ0n) is 17.5. The molecule has 1 atom stereocenters. The van der Waals surface area contributed by atoms with Gasteiger partial charge in [-0.25, -0.2) is 0 Å². The van der Waals surface area contributed by atoms with E-state index in [1.54, 1.807) is 0 Å². The van der Waals surface area contributed by atoms with Gasteiger partial charge >= 0.3 is 0 Å². The van der Waals surface area contributed by atoms with Crippen molar-refractivity contribution in [3.05, 3.63) is 82.4 Å². The fourth-order valence-electron chi connectivity index (χ4n) is 3.91. The lowest BCUT2D eigenvalue weighted by atomic mass is 9.97. The molecule has 0 radical (unpaired) electrons. The smallest absolute Gasteiger partial charge is 0.294 e. The lowest BCUT2D eigenvalue weighted by Gasteiger charge is -2.41. The fourth-order valence-corrected chi connectivity index (χ4v) is 3.91. The number of ether oxygens (including phenoxy) is 2. The molecule has 3 aromatic rings. The van der Waals surface area contributed by atoms with E-state index in [1.165, 1.54) is 10.8 Å². The molecule has 1 unspecified atom stereocenters. The van der Waals surface area contributed by atoms with Crippen LogP contribution in [0.1, 0.15) is 12.0 Å². The Morgan fingerprint density at radius 2 is 1.77 bits per heavy atom. The maximum Gasteiger partial charge on any atom is 0.294 e. The highest BCUT2D eigenvalue weighted by atomic mass is 16.9. The maximum absolute atomic E-state index is 10.3. The average Bonchev–Trinajstić information content (AvgIpc) is 2.78. The third kappa shape index (κ3) is 5.02. The zero-order valence-corrected chi connectivity index (χ0v) is 17.5. The van der Waals surface area contributed by atoms with Gasteiger partial charge in [-0.05, 0) is 41.4 Å². The summed E-state index contributed by atoms with van der Waals surface area (Å²) in [6.07, 6.45) is 0.408. The number of rotatable bonds is 8. The first kappa shape index (κ1) is 21.2. The van der Waals surface area contributed by atoms with Crippen molar-refractivity contribution in [2.45, 2.75) is 12.2 Å². The van der Waals surface area contributed by atoms with Gasteiger partial charge in [0, 0.05) is 12.1 Å². The van der Waals surface area contributed by atoms with Gasteiger partial charge in [0.15, 0.2) is 0 Å². The van der Waals surface area contributed by atoms with Crippen LogP contribution in [0.15, 0.2) is 66.7 Å². The van der Waals surface area contributed by atoms with Crippen LogP contribution in [0, 0.1) is 10.1 Å². The molecule has 1 heterocycles. The number of fused-ring (bicyclic) bond motifs is 1. The summed E-state index contributed by atoms with van der Waals surface area (Å²) in [5, 5.41) is 12.0. The van der Waals surface area contributed by atoms with Crippen molar-refractivity contribution in [3.63, 3.8) is 0 Å². The molecule has 7 heteroatoms. The second kappa shape index (κ2) is 9.43. The standard InChI is InChI=1S/C24H26N2O5/c1-25-13-16-30-24(18-25,29-14-4-15-31-26(27)28)23-11-9-20(10-12-23)22-8-7-19-5-2-3-6-21(19)17-22/h2-3,5-12,17H,4,13-16,18H2,1H3. The van der Waals surface area contributed by atoms with Crippen LogP contribution in [0.5, 0.6) is 0 Å². The highest BCUT2D eigenvalue weighted by Gasteiger charge is 2.38. The Bertz CT molecular complexity index is 1040. The molecule has 0 aliphatic carbocycles. The van der Waals surface area contributed by atoms with E-state index in [0.717, 1.165) is 23.2 Å². The van der Waals surface area contributed by atoms with Crippen molar-refractivity contribution < 1.29 is 19.4 Å². The highest BCUT2D eigenvalue weighted by Crippen LogP contribution is 2.33. The van der Waals surface area contributed by atoms with Gasteiger partial charge in [-0.15, -0.1) is 10.1 Å². The second-order valence-electron chi connectivity index (χ2n) is 7.74. The van der Waals surface area contributed by atoms with Gasteiger partial charge in [-0.2, -0.15) is 0 Å². The third-order valence-corrected chi connectivity index (χ3v) is 5.51. The van der Waals surface area contributed by atoms with Crippen LogP contribution in [0.3, 0.4) is 0 Å². The van der Waals surface area contributed by atoms with E-state index in [1.807, 2.05) is 31.3 Å². The first-order chi connectivity index (χ1) is 15.1. The number of hydrogen-bond acceptors (Lipinski definition) is 6. The van der Waals surface area contributed by atoms with Crippen molar-refractivity contribution in [2.75, 3.05) is 40.0 Å². The Morgan fingerprint density at radius 1 is 1.03 bits per heavy atom. The molecular formula is C24H26N2O5. The predicted molar refractivity (Wildman–Crippen MR) is 118 cm³/mol. The van der Waals surface area contributed by atoms with Gasteiger partial charge in [0.05, 0.1) is 26.4 Å². The van der Waals surface area contributed by atoms with Crippen molar-refractivity contribution in [1.82, 2.24) is 4.90 Å². The normalized spacial score (nSPS) is 19.4. The summed E-state index contributed by atoms with van der Waals surface area (Å²) in [6.45, 7) is 2.26. The molecule has 0 saturated carbocycles. The number of benzene rings is 3. The minimum absolute atomic E-state index is 0.000178. The fraction of sp³-hybridized carbons (Fsp3) is 0.333. The highest BCUT2D eigenvalue weighted by molar-refractivity contribution is 5.87. The van der Waals surface area contributed by atoms with E-state index in [-0.39, 0.29) is 6.61 Å². The number of nitrogens with zero attached hydrogens (tertiary/aromatic N) is 2. The molecule has 3 aromatic carbocycles. The Labute approximate surface area is 181 Å². The molecule has 31 heavy (non-hydrogen) atoms. The van der Waals surface area contributed by atoms with E-state index in [0.29, 0.717) is 26.2 Å². The van der Waals surface area contributed by atoms with Crippen LogP contribution < -0.4 is 0 Å². The van der Waals surface area contributed by atoms with Gasteiger partial charge in [0.1, 0.15) is 0 Å². The topological polar surface area (TPSA) is 74.1 Å². The number of likely N-dealkylation sites (N-methyl/N-ethyl adjacent to an activating group) is 1. The van der Waals surface area contributed by atoms with Crippen LogP contribution >= 0.6 is 0 Å². The van der Waals surface area contributed by atoms with E-state index < -0.39 is 10.9 Å². The molecule has 0 N–H and O–H groups in total. The van der Waals surface area contributed by atoms with Gasteiger partial charge in [0.2, 0.25) is 5.79 Å². The monoisotopic (exact) mass is 422 g/mol. The van der Waals surface area contributed by atoms with Crippen molar-refractivity contribution >= 4 is 10.8 Å². The van der Waals surface area contributed by atoms with Crippen LogP contribution in [-0.4, -0.2) is 49.9 Å². The molecule has 1 aliphatic rings. The summed E-state index contributed by atoms with van der Waals surface area (Å²) < 4.78 is 12.3. The minimum Gasteiger partial charge on any atom is -0.345 e. The van der Waals surface area contributed by atoms with Gasteiger partial charge in [-0.3, -0.25) is 4.90 Å². The summed E-state index contributed by atoms with van der Waals surface area (Å²) in [6, 6.07) is 23.0. The third-order valence-electron chi connectivity index (χ3n) is 5.51. The summed E-state index contributed by atoms with van der Waals surface area (Å²) in [5.74, 6) is -0.899. The molecule has 162 valence electrons. The lowest BCUT2D eigenvalue weighted by Crippen LogP contribution is -2.50. The summed E-state index contributed by atoms with van der Waals surface area (Å²) in [7, 11) is 2.03. The Kier molecular flexibility index (Phi) is 6.46. The minimum atomic E-state index is -0.899. The molecular weight excluding hydrogens is 396 g/mol. The quantitative estimate of drug-likeness (QED) is 0.307. The summed E-state index contributed by atoms with van der Waals surface area (Å²) in [4.78, 5) is 16.9. The Hall–Kier alpha value is -3.00. The van der Waals surface area contributed by atoms with Crippen LogP contribution in [-0.2, 0) is 20.1 Å². The number of morpholine rings is 1. The average molecular weight is 422 g/mol. The molecule has 1 saturated heterocycles. The lowest BCUT2D eigenvalue weighted by molar-refractivity contribution is -0.757. The Balaban J connectivity index is 1.53. The maximum atomic E-state index is 10.3. The van der Waals surface area contributed by atoms with Crippen LogP contribution in [0.2, 0.25) is 0 Å². The predicted octanol–water partition coefficient (Wildman–Crippen LogP) is 4.24. The van der Waals surface area contributed by atoms with Crippen LogP contribution in [0.25, 0.3) is 21.9 Å². The van der Waals surface area contributed by atoms with E-state index >= 15 is 0 Å². The summed E-state index contributed by atoms with van der Waals surface area (Å²) in [5.41, 5.74) is 3.20. The van der Waals surface area contributed by atoms with Crippen molar-refractivity contribution in [2.24, 2.45) is 0 Å². The molecule has 0 bridgehead atoms. The SMILES string of the molecule is CN1CCOC(OCCCO[N+](=O)[O-])(c2ccc(-c3ccc4ccccc4c3)cc2)C1. The molecule has 0 spiro atoms. The first-order valence-corrected chi connectivity index (χ1v) is 10.4. The largest absolute Gasteiger partial charge is 0.345 e. The second-order valence-corrected chi connectivity index (χ2v) is 7.74. The molecule has 7 nitrogen and oxygen atoms in total. The first-order valence-electron chi connectivity index (χ1n) is 10.4. The van der Waals surface area contributed by atoms with E-state index in [9.17, 15) is 10.1 Å².